The number of rotatable bonds is 7. The molecule has 2 N–H and O–H groups in total. The first-order valence-electron chi connectivity index (χ1n) is 7.00. The van der Waals surface area contributed by atoms with Crippen LogP contribution in [0.4, 0.5) is 0 Å². The van der Waals surface area contributed by atoms with E-state index in [1.807, 2.05) is 0 Å². The first kappa shape index (κ1) is 15.0. The molecule has 1 rings (SSSR count). The van der Waals surface area contributed by atoms with Crippen LogP contribution in [0.25, 0.3) is 0 Å². The first-order valence-corrected chi connectivity index (χ1v) is 7.00. The van der Waals surface area contributed by atoms with E-state index in [4.69, 9.17) is 10.5 Å². The molecule has 2 heteroatoms. The van der Waals surface area contributed by atoms with E-state index in [9.17, 15) is 0 Å². The summed E-state index contributed by atoms with van der Waals surface area (Å²) in [5.74, 6) is 0.953. The van der Waals surface area contributed by atoms with Crippen molar-refractivity contribution in [1.29, 1.82) is 0 Å². The molecular weight excluding hydrogens is 222 g/mol. The molecule has 0 aliphatic heterocycles. The summed E-state index contributed by atoms with van der Waals surface area (Å²) in [5.41, 5.74) is 9.97. The van der Waals surface area contributed by atoms with Crippen LogP contribution in [0.2, 0.25) is 0 Å². The zero-order valence-electron chi connectivity index (χ0n) is 12.3. The maximum atomic E-state index is 6.30. The number of hydrogen-bond acceptors (Lipinski definition) is 2. The third-order valence-electron chi connectivity index (χ3n) is 3.55. The third-order valence-corrected chi connectivity index (χ3v) is 3.55. The molecule has 0 saturated carbocycles. The van der Waals surface area contributed by atoms with Crippen molar-refractivity contribution in [2.75, 3.05) is 7.11 Å². The van der Waals surface area contributed by atoms with Gasteiger partial charge in [-0.1, -0.05) is 38.7 Å². The van der Waals surface area contributed by atoms with Gasteiger partial charge in [0.15, 0.2) is 0 Å². The molecule has 0 spiro atoms. The van der Waals surface area contributed by atoms with Gasteiger partial charge < -0.3 is 10.5 Å². The van der Waals surface area contributed by atoms with Gasteiger partial charge in [-0.25, -0.2) is 0 Å². The molecule has 1 aromatic carbocycles. The van der Waals surface area contributed by atoms with Crippen LogP contribution in [-0.4, -0.2) is 7.11 Å². The van der Waals surface area contributed by atoms with Gasteiger partial charge in [0.25, 0.3) is 0 Å². The predicted molar refractivity (Wildman–Crippen MR) is 78.2 cm³/mol. The second kappa shape index (κ2) is 7.42. The van der Waals surface area contributed by atoms with Crippen LogP contribution in [0.15, 0.2) is 12.1 Å². The molecule has 0 aliphatic rings. The highest BCUT2D eigenvalue weighted by Gasteiger charge is 2.11. The number of unbranched alkanes of at least 4 members (excludes halogenated alkanes) is 3. The predicted octanol–water partition coefficient (Wildman–Crippen LogP) is 4.28. The summed E-state index contributed by atoms with van der Waals surface area (Å²) in [7, 11) is 1.71. The van der Waals surface area contributed by atoms with Gasteiger partial charge in [-0.2, -0.15) is 0 Å². The Balaban J connectivity index is 2.67. The zero-order valence-corrected chi connectivity index (χ0v) is 12.3. The Kier molecular flexibility index (Phi) is 6.20. The lowest BCUT2D eigenvalue weighted by molar-refractivity contribution is 0.411. The van der Waals surface area contributed by atoms with Crippen LogP contribution < -0.4 is 10.5 Å². The number of methoxy groups -OCH3 is 1. The summed E-state index contributed by atoms with van der Waals surface area (Å²) in [6, 6.07) is 4.43. The van der Waals surface area contributed by atoms with Crippen LogP contribution in [0.1, 0.15) is 61.8 Å². The van der Waals surface area contributed by atoms with Gasteiger partial charge in [0.05, 0.1) is 7.11 Å². The van der Waals surface area contributed by atoms with Crippen molar-refractivity contribution < 1.29 is 4.74 Å². The maximum Gasteiger partial charge on any atom is 0.122 e. The Bertz CT molecular complexity index is 374. The Morgan fingerprint density at radius 3 is 2.44 bits per heavy atom. The quantitative estimate of drug-likeness (QED) is 0.732. The topological polar surface area (TPSA) is 35.2 Å². The molecule has 1 aromatic rings. The first-order chi connectivity index (χ1) is 8.60. The van der Waals surface area contributed by atoms with Crippen molar-refractivity contribution in [2.24, 2.45) is 5.73 Å². The lowest BCUT2D eigenvalue weighted by atomic mass is 9.95. The van der Waals surface area contributed by atoms with Gasteiger partial charge in [-0.05, 0) is 43.0 Å². The molecule has 0 fully saturated rings. The van der Waals surface area contributed by atoms with E-state index in [-0.39, 0.29) is 6.04 Å². The van der Waals surface area contributed by atoms with Gasteiger partial charge in [0, 0.05) is 6.04 Å². The van der Waals surface area contributed by atoms with E-state index in [1.165, 1.54) is 42.4 Å². The van der Waals surface area contributed by atoms with E-state index in [0.29, 0.717) is 0 Å². The van der Waals surface area contributed by atoms with Crippen LogP contribution in [0, 0.1) is 13.8 Å². The number of benzene rings is 1. The highest BCUT2D eigenvalue weighted by molar-refractivity contribution is 5.42. The number of aryl methyl sites for hydroxylation is 2. The van der Waals surface area contributed by atoms with Gasteiger partial charge in [-0.15, -0.1) is 0 Å². The molecule has 18 heavy (non-hydrogen) atoms. The fraction of sp³-hybridized carbons (Fsp3) is 0.625. The molecule has 0 saturated heterocycles. The standard InChI is InChI=1S/C16H27NO/c1-5-6-7-8-9-15(17)14-10-13(3)16(18-4)11-12(14)2/h10-11,15H,5-9,17H2,1-4H3. The molecule has 2 nitrogen and oxygen atoms in total. The molecule has 102 valence electrons. The van der Waals surface area contributed by atoms with E-state index >= 15 is 0 Å². The summed E-state index contributed by atoms with van der Waals surface area (Å²) < 4.78 is 5.33. The summed E-state index contributed by atoms with van der Waals surface area (Å²) in [6.07, 6.45) is 6.17. The van der Waals surface area contributed by atoms with Crippen molar-refractivity contribution in [1.82, 2.24) is 0 Å². The molecular formula is C16H27NO. The van der Waals surface area contributed by atoms with Gasteiger partial charge in [0.2, 0.25) is 0 Å². The van der Waals surface area contributed by atoms with Crippen molar-refractivity contribution in [3.63, 3.8) is 0 Å². The summed E-state index contributed by atoms with van der Waals surface area (Å²) >= 11 is 0. The van der Waals surface area contributed by atoms with Crippen molar-refractivity contribution in [3.05, 3.63) is 28.8 Å². The minimum absolute atomic E-state index is 0.159. The lowest BCUT2D eigenvalue weighted by Gasteiger charge is -2.17. The van der Waals surface area contributed by atoms with E-state index in [0.717, 1.165) is 12.2 Å². The molecule has 1 atom stereocenters. The third kappa shape index (κ3) is 4.02. The number of ether oxygens (including phenoxy) is 1. The summed E-state index contributed by atoms with van der Waals surface area (Å²) in [4.78, 5) is 0. The molecule has 1 unspecified atom stereocenters. The summed E-state index contributed by atoms with van der Waals surface area (Å²) in [5, 5.41) is 0. The van der Waals surface area contributed by atoms with Crippen molar-refractivity contribution in [3.8, 4) is 5.75 Å². The Morgan fingerprint density at radius 2 is 1.83 bits per heavy atom. The Hall–Kier alpha value is -1.02. The van der Waals surface area contributed by atoms with E-state index in [1.54, 1.807) is 7.11 Å². The van der Waals surface area contributed by atoms with Crippen LogP contribution in [0.5, 0.6) is 5.75 Å². The normalized spacial score (nSPS) is 12.5. The average molecular weight is 249 g/mol. The fourth-order valence-electron chi connectivity index (χ4n) is 2.38. The minimum atomic E-state index is 0.159. The maximum absolute atomic E-state index is 6.30. The second-order valence-corrected chi connectivity index (χ2v) is 5.13. The van der Waals surface area contributed by atoms with Gasteiger partial charge in [-0.3, -0.25) is 0 Å². The SMILES string of the molecule is CCCCCCC(N)c1cc(C)c(OC)cc1C. The van der Waals surface area contributed by atoms with Crippen LogP contribution >= 0.6 is 0 Å². The van der Waals surface area contributed by atoms with Gasteiger partial charge >= 0.3 is 0 Å². The molecule has 0 heterocycles. The van der Waals surface area contributed by atoms with Crippen LogP contribution in [-0.2, 0) is 0 Å². The molecule has 0 aliphatic carbocycles. The monoisotopic (exact) mass is 249 g/mol. The molecule has 0 amide bonds. The molecule has 0 radical (unpaired) electrons. The molecule has 0 bridgehead atoms. The van der Waals surface area contributed by atoms with Crippen molar-refractivity contribution in [2.45, 2.75) is 58.9 Å². The van der Waals surface area contributed by atoms with Gasteiger partial charge in [0.1, 0.15) is 5.75 Å². The Morgan fingerprint density at radius 1 is 1.11 bits per heavy atom. The Labute approximate surface area is 112 Å². The average Bonchev–Trinajstić information content (AvgIpc) is 2.36. The lowest BCUT2D eigenvalue weighted by Crippen LogP contribution is -2.12. The largest absolute Gasteiger partial charge is 0.496 e. The minimum Gasteiger partial charge on any atom is -0.496 e. The van der Waals surface area contributed by atoms with Crippen LogP contribution in [0.3, 0.4) is 0 Å². The fourth-order valence-corrected chi connectivity index (χ4v) is 2.38. The van der Waals surface area contributed by atoms with E-state index < -0.39 is 0 Å². The zero-order chi connectivity index (χ0) is 13.5. The highest BCUT2D eigenvalue weighted by atomic mass is 16.5. The molecule has 0 aromatic heterocycles. The number of nitrogens with two attached hydrogens (primary N) is 1. The second-order valence-electron chi connectivity index (χ2n) is 5.13. The van der Waals surface area contributed by atoms with Crippen molar-refractivity contribution >= 4 is 0 Å². The number of hydrogen-bond donors (Lipinski definition) is 1. The van der Waals surface area contributed by atoms with E-state index in [2.05, 4.69) is 32.9 Å². The summed E-state index contributed by atoms with van der Waals surface area (Å²) in [6.45, 7) is 6.42. The smallest absolute Gasteiger partial charge is 0.122 e. The highest BCUT2D eigenvalue weighted by Crippen LogP contribution is 2.27.